The first kappa shape index (κ1) is 14.6. The highest BCUT2D eigenvalue weighted by molar-refractivity contribution is 9.10. The van der Waals surface area contributed by atoms with E-state index in [1.54, 1.807) is 6.07 Å². The number of rotatable bonds is 6. The number of benzene rings is 1. The number of nitrogens with one attached hydrogen (secondary N) is 1. The summed E-state index contributed by atoms with van der Waals surface area (Å²) in [5.41, 5.74) is 0.275. The summed E-state index contributed by atoms with van der Waals surface area (Å²) < 4.78 is 5.43. The normalized spacial score (nSPS) is 10.1. The van der Waals surface area contributed by atoms with Gasteiger partial charge in [-0.1, -0.05) is 6.92 Å². The van der Waals surface area contributed by atoms with E-state index in [2.05, 4.69) is 21.2 Å². The number of carbonyl (C=O) groups excluding carboxylic acids is 1. The maximum atomic E-state index is 11.4. The number of nitro benzene ring substituents is 1. The highest BCUT2D eigenvalue weighted by Crippen LogP contribution is 2.27. The van der Waals surface area contributed by atoms with Crippen molar-refractivity contribution >= 4 is 33.2 Å². The van der Waals surface area contributed by atoms with Crippen molar-refractivity contribution < 1.29 is 14.5 Å². The predicted molar refractivity (Wildman–Crippen MR) is 70.5 cm³/mol. The molecule has 0 heterocycles. The van der Waals surface area contributed by atoms with Gasteiger partial charge >= 0.3 is 0 Å². The van der Waals surface area contributed by atoms with Crippen LogP contribution in [0.2, 0.25) is 0 Å². The topological polar surface area (TPSA) is 81.5 Å². The minimum absolute atomic E-state index is 0.0578. The Morgan fingerprint density at radius 1 is 1.56 bits per heavy atom. The fourth-order valence-corrected chi connectivity index (χ4v) is 1.63. The second-order valence-corrected chi connectivity index (χ2v) is 4.38. The molecule has 0 bridgehead atoms. The summed E-state index contributed by atoms with van der Waals surface area (Å²) in [6.07, 6.45) is 0.830. The van der Waals surface area contributed by atoms with Gasteiger partial charge in [0.15, 0.2) is 0 Å². The minimum atomic E-state index is -0.521. The summed E-state index contributed by atoms with van der Waals surface area (Å²) in [6.45, 7) is 2.39. The van der Waals surface area contributed by atoms with Crippen molar-refractivity contribution in [1.82, 2.24) is 0 Å². The van der Waals surface area contributed by atoms with Gasteiger partial charge in [-0.05, 0) is 34.5 Å². The van der Waals surface area contributed by atoms with E-state index in [4.69, 9.17) is 4.74 Å². The van der Waals surface area contributed by atoms with Crippen LogP contribution >= 0.6 is 15.9 Å². The molecule has 6 nitrogen and oxygen atoms in total. The van der Waals surface area contributed by atoms with Gasteiger partial charge in [-0.2, -0.15) is 0 Å². The molecule has 18 heavy (non-hydrogen) atoms. The molecule has 1 N–H and O–H groups in total. The van der Waals surface area contributed by atoms with Crippen LogP contribution in [-0.2, 0) is 9.53 Å². The molecule has 1 rings (SSSR count). The molecular weight excluding hydrogens is 304 g/mol. The molecule has 1 amide bonds. The van der Waals surface area contributed by atoms with Gasteiger partial charge < -0.3 is 10.1 Å². The van der Waals surface area contributed by atoms with E-state index in [0.717, 1.165) is 6.42 Å². The number of ether oxygens (including phenoxy) is 1. The fraction of sp³-hybridized carbons (Fsp3) is 0.364. The zero-order valence-corrected chi connectivity index (χ0v) is 11.4. The first-order valence-electron chi connectivity index (χ1n) is 5.36. The Kier molecular flexibility index (Phi) is 5.73. The summed E-state index contributed by atoms with van der Waals surface area (Å²) >= 11 is 3.07. The van der Waals surface area contributed by atoms with Gasteiger partial charge in [-0.25, -0.2) is 0 Å². The molecule has 1 aromatic carbocycles. The van der Waals surface area contributed by atoms with Crippen LogP contribution in [0.3, 0.4) is 0 Å². The third-order valence-corrected chi connectivity index (χ3v) is 2.68. The molecule has 0 unspecified atom stereocenters. The lowest BCUT2D eigenvalue weighted by Gasteiger charge is -2.06. The minimum Gasteiger partial charge on any atom is -0.372 e. The monoisotopic (exact) mass is 316 g/mol. The van der Waals surface area contributed by atoms with E-state index in [1.807, 2.05) is 6.92 Å². The first-order chi connectivity index (χ1) is 8.54. The van der Waals surface area contributed by atoms with Crippen LogP contribution in [0.25, 0.3) is 0 Å². The lowest BCUT2D eigenvalue weighted by Crippen LogP contribution is -2.18. The SMILES string of the molecule is CCCOCC(=O)Nc1ccc(Br)c([N+](=O)[O-])c1. The van der Waals surface area contributed by atoms with Gasteiger partial charge in [0, 0.05) is 18.4 Å². The second kappa shape index (κ2) is 7.07. The van der Waals surface area contributed by atoms with Crippen molar-refractivity contribution in [2.75, 3.05) is 18.5 Å². The van der Waals surface area contributed by atoms with Crippen LogP contribution in [0, 0.1) is 10.1 Å². The third-order valence-electron chi connectivity index (χ3n) is 2.01. The average molecular weight is 317 g/mol. The second-order valence-electron chi connectivity index (χ2n) is 3.52. The summed E-state index contributed by atoms with van der Waals surface area (Å²) in [4.78, 5) is 21.6. The maximum Gasteiger partial charge on any atom is 0.285 e. The number of nitrogens with zero attached hydrogens (tertiary/aromatic N) is 1. The highest BCUT2D eigenvalue weighted by atomic mass is 79.9. The Labute approximate surface area is 113 Å². The smallest absolute Gasteiger partial charge is 0.285 e. The van der Waals surface area contributed by atoms with E-state index in [0.29, 0.717) is 16.8 Å². The Morgan fingerprint density at radius 2 is 2.28 bits per heavy atom. The average Bonchev–Trinajstić information content (AvgIpc) is 2.31. The largest absolute Gasteiger partial charge is 0.372 e. The van der Waals surface area contributed by atoms with Gasteiger partial charge in [0.05, 0.1) is 9.40 Å². The quantitative estimate of drug-likeness (QED) is 0.497. The Bertz CT molecular complexity index is 451. The fourth-order valence-electron chi connectivity index (χ4n) is 1.24. The van der Waals surface area contributed by atoms with Crippen LogP contribution in [-0.4, -0.2) is 24.0 Å². The number of carbonyl (C=O) groups is 1. The van der Waals surface area contributed by atoms with E-state index in [9.17, 15) is 14.9 Å². The molecule has 7 heteroatoms. The summed E-state index contributed by atoms with van der Waals surface area (Å²) in [7, 11) is 0. The van der Waals surface area contributed by atoms with Crippen LogP contribution in [0.15, 0.2) is 22.7 Å². The molecule has 1 aromatic rings. The Morgan fingerprint density at radius 3 is 2.89 bits per heavy atom. The van der Waals surface area contributed by atoms with Crippen LogP contribution in [0.1, 0.15) is 13.3 Å². The van der Waals surface area contributed by atoms with Gasteiger partial charge in [0.1, 0.15) is 6.61 Å². The molecule has 0 saturated carbocycles. The van der Waals surface area contributed by atoms with Crippen LogP contribution in [0.5, 0.6) is 0 Å². The van der Waals surface area contributed by atoms with E-state index in [-0.39, 0.29) is 18.2 Å². The van der Waals surface area contributed by atoms with Crippen LogP contribution < -0.4 is 5.32 Å². The molecule has 0 aliphatic heterocycles. The zero-order chi connectivity index (χ0) is 13.5. The molecule has 0 aliphatic rings. The zero-order valence-electron chi connectivity index (χ0n) is 9.81. The molecule has 0 radical (unpaired) electrons. The van der Waals surface area contributed by atoms with Crippen molar-refractivity contribution in [2.45, 2.75) is 13.3 Å². The van der Waals surface area contributed by atoms with E-state index >= 15 is 0 Å². The number of nitro groups is 1. The number of amides is 1. The number of hydrogen-bond acceptors (Lipinski definition) is 4. The summed E-state index contributed by atoms with van der Waals surface area (Å²) in [5.74, 6) is -0.333. The molecule has 0 fully saturated rings. The highest BCUT2D eigenvalue weighted by Gasteiger charge is 2.13. The summed E-state index contributed by atoms with van der Waals surface area (Å²) in [6, 6.07) is 4.39. The van der Waals surface area contributed by atoms with Crippen LogP contribution in [0.4, 0.5) is 11.4 Å². The van der Waals surface area contributed by atoms with Gasteiger partial charge in [0.25, 0.3) is 5.69 Å². The van der Waals surface area contributed by atoms with Gasteiger partial charge in [-0.3, -0.25) is 14.9 Å². The van der Waals surface area contributed by atoms with Crippen molar-refractivity contribution in [3.63, 3.8) is 0 Å². The number of halogens is 1. The predicted octanol–water partition coefficient (Wildman–Crippen LogP) is 2.72. The molecule has 0 spiro atoms. The number of hydrogen-bond donors (Lipinski definition) is 1. The lowest BCUT2D eigenvalue weighted by atomic mass is 10.3. The Hall–Kier alpha value is -1.47. The maximum absolute atomic E-state index is 11.4. The molecule has 0 saturated heterocycles. The molecule has 0 atom stereocenters. The van der Waals surface area contributed by atoms with E-state index in [1.165, 1.54) is 12.1 Å². The standard InChI is InChI=1S/C11H13BrN2O4/c1-2-5-18-7-11(15)13-8-3-4-9(12)10(6-8)14(16)17/h3-4,6H,2,5,7H2,1H3,(H,13,15). The van der Waals surface area contributed by atoms with Crippen molar-refractivity contribution in [2.24, 2.45) is 0 Å². The lowest BCUT2D eigenvalue weighted by molar-refractivity contribution is -0.385. The first-order valence-corrected chi connectivity index (χ1v) is 6.15. The summed E-state index contributed by atoms with van der Waals surface area (Å²) in [5, 5.41) is 13.2. The van der Waals surface area contributed by atoms with Crippen molar-refractivity contribution in [3.8, 4) is 0 Å². The van der Waals surface area contributed by atoms with Gasteiger partial charge in [-0.15, -0.1) is 0 Å². The van der Waals surface area contributed by atoms with E-state index < -0.39 is 4.92 Å². The Balaban J connectivity index is 2.65. The molecule has 0 aromatic heterocycles. The molecule has 0 aliphatic carbocycles. The van der Waals surface area contributed by atoms with Gasteiger partial charge in [0.2, 0.25) is 5.91 Å². The molecule has 98 valence electrons. The number of anilines is 1. The van der Waals surface area contributed by atoms with Crippen molar-refractivity contribution in [1.29, 1.82) is 0 Å². The third kappa shape index (κ3) is 4.42. The molecular formula is C11H13BrN2O4. The van der Waals surface area contributed by atoms with Crippen molar-refractivity contribution in [3.05, 3.63) is 32.8 Å².